The predicted molar refractivity (Wildman–Crippen MR) is 77.5 cm³/mol. The van der Waals surface area contributed by atoms with E-state index in [0.29, 0.717) is 18.8 Å². The van der Waals surface area contributed by atoms with E-state index in [1.807, 2.05) is 4.90 Å². The summed E-state index contributed by atoms with van der Waals surface area (Å²) in [6.07, 6.45) is 9.60. The van der Waals surface area contributed by atoms with Gasteiger partial charge in [-0.15, -0.1) is 12.3 Å². The van der Waals surface area contributed by atoms with Crippen LogP contribution >= 0.6 is 0 Å². The molecule has 1 amide bonds. The van der Waals surface area contributed by atoms with Gasteiger partial charge in [0.1, 0.15) is 0 Å². The van der Waals surface area contributed by atoms with Crippen molar-refractivity contribution < 1.29 is 4.79 Å². The Balaban J connectivity index is 1.76. The molecule has 0 saturated carbocycles. The lowest BCUT2D eigenvalue weighted by atomic mass is 9.90. The van der Waals surface area contributed by atoms with Crippen LogP contribution in [0.5, 0.6) is 0 Å². The summed E-state index contributed by atoms with van der Waals surface area (Å²) in [7, 11) is 0. The van der Waals surface area contributed by atoms with Crippen molar-refractivity contribution in [2.24, 2.45) is 5.92 Å². The van der Waals surface area contributed by atoms with Crippen LogP contribution in [0, 0.1) is 18.3 Å². The van der Waals surface area contributed by atoms with Crippen LogP contribution in [0.15, 0.2) is 30.3 Å². The topological polar surface area (TPSA) is 20.3 Å². The SMILES string of the molecule is C#CCCC(=O)N1CCC(Cc2ccccc2)CC1. The van der Waals surface area contributed by atoms with Crippen molar-refractivity contribution in [3.63, 3.8) is 0 Å². The Morgan fingerprint density at radius 1 is 1.26 bits per heavy atom. The summed E-state index contributed by atoms with van der Waals surface area (Å²) in [4.78, 5) is 13.8. The zero-order valence-electron chi connectivity index (χ0n) is 11.3. The van der Waals surface area contributed by atoms with Crippen molar-refractivity contribution in [1.82, 2.24) is 4.90 Å². The maximum atomic E-state index is 11.9. The van der Waals surface area contributed by atoms with Crippen molar-refractivity contribution in [2.45, 2.75) is 32.1 Å². The summed E-state index contributed by atoms with van der Waals surface area (Å²) in [5.74, 6) is 3.46. The number of likely N-dealkylation sites (tertiary alicyclic amines) is 1. The smallest absolute Gasteiger partial charge is 0.223 e. The zero-order chi connectivity index (χ0) is 13.5. The quantitative estimate of drug-likeness (QED) is 0.758. The highest BCUT2D eigenvalue weighted by atomic mass is 16.2. The predicted octanol–water partition coefficient (Wildman–Crippen LogP) is 2.88. The van der Waals surface area contributed by atoms with Crippen LogP contribution in [0.25, 0.3) is 0 Å². The van der Waals surface area contributed by atoms with Crippen LogP contribution in [-0.2, 0) is 11.2 Å². The summed E-state index contributed by atoms with van der Waals surface area (Å²) >= 11 is 0. The Hall–Kier alpha value is -1.75. The van der Waals surface area contributed by atoms with Crippen LogP contribution in [-0.4, -0.2) is 23.9 Å². The average Bonchev–Trinajstić information content (AvgIpc) is 2.46. The molecular weight excluding hydrogens is 234 g/mol. The molecule has 0 bridgehead atoms. The molecule has 100 valence electrons. The summed E-state index contributed by atoms with van der Waals surface area (Å²) in [5.41, 5.74) is 1.40. The number of piperidine rings is 1. The van der Waals surface area contributed by atoms with E-state index in [-0.39, 0.29) is 5.91 Å². The van der Waals surface area contributed by atoms with Crippen LogP contribution in [0.3, 0.4) is 0 Å². The molecule has 1 aliphatic heterocycles. The van der Waals surface area contributed by atoms with Crippen molar-refractivity contribution in [2.75, 3.05) is 13.1 Å². The summed E-state index contributed by atoms with van der Waals surface area (Å²) in [6, 6.07) is 10.6. The molecule has 1 aromatic rings. The third kappa shape index (κ3) is 4.13. The van der Waals surface area contributed by atoms with E-state index in [1.165, 1.54) is 5.56 Å². The first-order chi connectivity index (χ1) is 9.29. The summed E-state index contributed by atoms with van der Waals surface area (Å²) < 4.78 is 0. The Bertz CT molecular complexity index is 438. The van der Waals surface area contributed by atoms with Gasteiger partial charge in [-0.25, -0.2) is 0 Å². The molecule has 1 fully saturated rings. The van der Waals surface area contributed by atoms with Crippen molar-refractivity contribution >= 4 is 5.91 Å². The molecule has 0 unspecified atom stereocenters. The van der Waals surface area contributed by atoms with Gasteiger partial charge in [-0.05, 0) is 30.7 Å². The fraction of sp³-hybridized carbons (Fsp3) is 0.471. The minimum atomic E-state index is 0.219. The number of benzene rings is 1. The average molecular weight is 255 g/mol. The number of carbonyl (C=O) groups excluding carboxylic acids is 1. The lowest BCUT2D eigenvalue weighted by molar-refractivity contribution is -0.132. The Kier molecular flexibility index (Phi) is 5.03. The Morgan fingerprint density at radius 2 is 1.95 bits per heavy atom. The minimum Gasteiger partial charge on any atom is -0.343 e. The minimum absolute atomic E-state index is 0.219. The number of hydrogen-bond donors (Lipinski definition) is 0. The fourth-order valence-electron chi connectivity index (χ4n) is 2.67. The molecule has 0 spiro atoms. The molecule has 2 rings (SSSR count). The van der Waals surface area contributed by atoms with Gasteiger partial charge >= 0.3 is 0 Å². The molecule has 19 heavy (non-hydrogen) atoms. The summed E-state index contributed by atoms with van der Waals surface area (Å²) in [6.45, 7) is 1.78. The maximum absolute atomic E-state index is 11.9. The maximum Gasteiger partial charge on any atom is 0.223 e. The van der Waals surface area contributed by atoms with Crippen molar-refractivity contribution in [3.05, 3.63) is 35.9 Å². The van der Waals surface area contributed by atoms with Crippen LogP contribution < -0.4 is 0 Å². The highest BCUT2D eigenvalue weighted by Gasteiger charge is 2.22. The fourth-order valence-corrected chi connectivity index (χ4v) is 2.67. The number of nitrogens with zero attached hydrogens (tertiary/aromatic N) is 1. The molecular formula is C17H21NO. The van der Waals surface area contributed by atoms with E-state index >= 15 is 0 Å². The first-order valence-electron chi connectivity index (χ1n) is 7.04. The molecule has 1 heterocycles. The molecule has 0 aliphatic carbocycles. The van der Waals surface area contributed by atoms with Gasteiger partial charge in [-0.1, -0.05) is 30.3 Å². The molecule has 0 atom stereocenters. The molecule has 1 aromatic carbocycles. The van der Waals surface area contributed by atoms with Gasteiger partial charge < -0.3 is 4.90 Å². The van der Waals surface area contributed by atoms with Crippen molar-refractivity contribution in [3.8, 4) is 12.3 Å². The lowest BCUT2D eigenvalue weighted by Gasteiger charge is -2.32. The molecule has 0 N–H and O–H groups in total. The normalized spacial score (nSPS) is 16.1. The van der Waals surface area contributed by atoms with E-state index in [4.69, 9.17) is 6.42 Å². The first-order valence-corrected chi connectivity index (χ1v) is 7.04. The molecule has 1 aliphatic rings. The molecule has 2 heteroatoms. The van der Waals surface area contributed by atoms with Crippen LogP contribution in [0.1, 0.15) is 31.2 Å². The van der Waals surface area contributed by atoms with Gasteiger partial charge in [0.15, 0.2) is 0 Å². The number of hydrogen-bond acceptors (Lipinski definition) is 1. The molecule has 1 saturated heterocycles. The van der Waals surface area contributed by atoms with E-state index in [0.717, 1.165) is 32.4 Å². The van der Waals surface area contributed by atoms with E-state index in [9.17, 15) is 4.79 Å². The summed E-state index contributed by atoms with van der Waals surface area (Å²) in [5, 5.41) is 0. The monoisotopic (exact) mass is 255 g/mol. The van der Waals surface area contributed by atoms with E-state index < -0.39 is 0 Å². The van der Waals surface area contributed by atoms with Crippen LogP contribution in [0.2, 0.25) is 0 Å². The third-order valence-corrected chi connectivity index (χ3v) is 3.82. The second kappa shape index (κ2) is 6.99. The van der Waals surface area contributed by atoms with Crippen LogP contribution in [0.4, 0.5) is 0 Å². The van der Waals surface area contributed by atoms with Gasteiger partial charge in [0.25, 0.3) is 0 Å². The van der Waals surface area contributed by atoms with Gasteiger partial charge in [0.05, 0.1) is 0 Å². The van der Waals surface area contributed by atoms with Gasteiger partial charge in [-0.2, -0.15) is 0 Å². The number of amides is 1. The molecule has 2 nitrogen and oxygen atoms in total. The zero-order valence-corrected chi connectivity index (χ0v) is 11.3. The highest BCUT2D eigenvalue weighted by molar-refractivity contribution is 5.76. The number of terminal acetylenes is 1. The largest absolute Gasteiger partial charge is 0.343 e. The Labute approximate surface area is 115 Å². The lowest BCUT2D eigenvalue weighted by Crippen LogP contribution is -2.38. The molecule has 0 radical (unpaired) electrons. The standard InChI is InChI=1S/C17H21NO/c1-2-3-9-17(19)18-12-10-16(11-13-18)14-15-7-5-4-6-8-15/h1,4-8,16H,3,9-14H2. The van der Waals surface area contributed by atoms with E-state index in [1.54, 1.807) is 0 Å². The first kappa shape index (κ1) is 13.7. The third-order valence-electron chi connectivity index (χ3n) is 3.82. The molecule has 0 aromatic heterocycles. The number of carbonyl (C=O) groups is 1. The van der Waals surface area contributed by atoms with Gasteiger partial charge in [0.2, 0.25) is 5.91 Å². The van der Waals surface area contributed by atoms with Gasteiger partial charge in [0, 0.05) is 25.9 Å². The Morgan fingerprint density at radius 3 is 2.58 bits per heavy atom. The second-order valence-corrected chi connectivity index (χ2v) is 5.22. The second-order valence-electron chi connectivity index (χ2n) is 5.22. The van der Waals surface area contributed by atoms with Crippen molar-refractivity contribution in [1.29, 1.82) is 0 Å². The van der Waals surface area contributed by atoms with Gasteiger partial charge in [-0.3, -0.25) is 4.79 Å². The number of rotatable bonds is 4. The highest BCUT2D eigenvalue weighted by Crippen LogP contribution is 2.22. The van der Waals surface area contributed by atoms with E-state index in [2.05, 4.69) is 36.3 Å².